The van der Waals surface area contributed by atoms with Gasteiger partial charge in [-0.15, -0.1) is 0 Å². The van der Waals surface area contributed by atoms with Crippen LogP contribution in [0, 0.1) is 10.1 Å². The van der Waals surface area contributed by atoms with E-state index in [-0.39, 0.29) is 5.69 Å². The minimum absolute atomic E-state index is 0.0462. The maximum absolute atomic E-state index is 10.7. The topological polar surface area (TPSA) is 80.4 Å². The summed E-state index contributed by atoms with van der Waals surface area (Å²) in [5, 5.41) is 14.8. The number of nitrogens with zero attached hydrogens (tertiary/aromatic N) is 3. The van der Waals surface area contributed by atoms with E-state index in [0.29, 0.717) is 17.1 Å². The van der Waals surface area contributed by atoms with E-state index in [4.69, 9.17) is 0 Å². The molecule has 0 bridgehead atoms. The number of rotatable bonds is 4. The molecule has 2 rings (SSSR count). The van der Waals surface area contributed by atoms with Crippen molar-refractivity contribution < 1.29 is 4.92 Å². The smallest absolute Gasteiger partial charge is 0.261 e. The molecular formula is C13H12N4O2. The molecule has 1 heterocycles. The predicted octanol–water partition coefficient (Wildman–Crippen LogP) is 2.83. The van der Waals surface area contributed by atoms with Gasteiger partial charge in [0.05, 0.1) is 10.6 Å². The van der Waals surface area contributed by atoms with Gasteiger partial charge in [0.1, 0.15) is 5.82 Å². The van der Waals surface area contributed by atoms with E-state index in [1.165, 1.54) is 12.1 Å². The van der Waals surface area contributed by atoms with Crippen LogP contribution in [0.1, 0.15) is 12.5 Å². The first kappa shape index (κ1) is 12.7. The van der Waals surface area contributed by atoms with E-state index in [1.54, 1.807) is 31.3 Å². The molecule has 0 saturated heterocycles. The van der Waals surface area contributed by atoms with Gasteiger partial charge in [0.25, 0.3) is 5.69 Å². The molecule has 0 amide bonds. The molecule has 0 aliphatic carbocycles. The van der Waals surface area contributed by atoms with E-state index >= 15 is 0 Å². The second kappa shape index (κ2) is 5.72. The molecule has 6 nitrogen and oxygen atoms in total. The third-order valence-corrected chi connectivity index (χ3v) is 2.48. The van der Waals surface area contributed by atoms with Gasteiger partial charge in [0.2, 0.25) is 0 Å². The Morgan fingerprint density at radius 1 is 1.32 bits per heavy atom. The molecule has 19 heavy (non-hydrogen) atoms. The molecule has 96 valence electrons. The average Bonchev–Trinajstić information content (AvgIpc) is 2.46. The van der Waals surface area contributed by atoms with Crippen LogP contribution >= 0.6 is 0 Å². The van der Waals surface area contributed by atoms with Crippen LogP contribution in [0.5, 0.6) is 0 Å². The van der Waals surface area contributed by atoms with Crippen molar-refractivity contribution in [3.8, 4) is 0 Å². The lowest BCUT2D eigenvalue weighted by Gasteiger charge is -2.02. The lowest BCUT2D eigenvalue weighted by molar-refractivity contribution is -0.384. The number of aromatic nitrogens is 1. The number of hydrogen-bond acceptors (Lipinski definition) is 5. The number of nitro groups is 1. The zero-order valence-corrected chi connectivity index (χ0v) is 10.3. The molecule has 0 saturated carbocycles. The Balaban J connectivity index is 2.17. The lowest BCUT2D eigenvalue weighted by Crippen LogP contribution is -2.01. The standard InChI is InChI=1S/C13H12N4O2/c1-10(15-16-13-7-2-3-8-14-13)11-5-4-6-12(9-11)17(18)19/h2-9H,1H3,(H,14,16). The summed E-state index contributed by atoms with van der Waals surface area (Å²) >= 11 is 0. The molecular weight excluding hydrogens is 244 g/mol. The predicted molar refractivity (Wildman–Crippen MR) is 73.2 cm³/mol. The van der Waals surface area contributed by atoms with Crippen LogP contribution in [0.15, 0.2) is 53.8 Å². The molecule has 2 aromatic rings. The van der Waals surface area contributed by atoms with Crippen molar-refractivity contribution in [2.45, 2.75) is 6.92 Å². The largest absolute Gasteiger partial charge is 0.270 e. The fraction of sp³-hybridized carbons (Fsp3) is 0.0769. The Bertz CT molecular complexity index is 611. The second-order valence-corrected chi connectivity index (χ2v) is 3.83. The highest BCUT2D eigenvalue weighted by Crippen LogP contribution is 2.14. The van der Waals surface area contributed by atoms with Gasteiger partial charge in [0, 0.05) is 23.9 Å². The molecule has 6 heteroatoms. The van der Waals surface area contributed by atoms with E-state index in [2.05, 4.69) is 15.5 Å². The van der Waals surface area contributed by atoms with Crippen molar-refractivity contribution in [1.29, 1.82) is 0 Å². The number of benzene rings is 1. The summed E-state index contributed by atoms with van der Waals surface area (Å²) in [7, 11) is 0. The number of non-ortho nitro benzene ring substituents is 1. The van der Waals surface area contributed by atoms with Crippen molar-refractivity contribution in [2.75, 3.05) is 5.43 Å². The summed E-state index contributed by atoms with van der Waals surface area (Å²) in [6.45, 7) is 1.77. The third kappa shape index (κ3) is 3.35. The summed E-state index contributed by atoms with van der Waals surface area (Å²) in [6.07, 6.45) is 1.65. The first-order chi connectivity index (χ1) is 9.16. The van der Waals surface area contributed by atoms with E-state index in [1.807, 2.05) is 12.1 Å². The highest BCUT2D eigenvalue weighted by Gasteiger charge is 2.07. The fourth-order valence-corrected chi connectivity index (χ4v) is 1.48. The molecule has 0 spiro atoms. The van der Waals surface area contributed by atoms with E-state index in [9.17, 15) is 10.1 Å². The summed E-state index contributed by atoms with van der Waals surface area (Å²) in [5.74, 6) is 0.618. The molecule has 1 N–H and O–H groups in total. The number of pyridine rings is 1. The van der Waals surface area contributed by atoms with Gasteiger partial charge in [-0.2, -0.15) is 5.10 Å². The Morgan fingerprint density at radius 3 is 2.84 bits per heavy atom. The summed E-state index contributed by atoms with van der Waals surface area (Å²) in [4.78, 5) is 14.3. The van der Waals surface area contributed by atoms with E-state index in [0.717, 1.165) is 0 Å². The van der Waals surface area contributed by atoms with Crippen molar-refractivity contribution >= 4 is 17.2 Å². The summed E-state index contributed by atoms with van der Waals surface area (Å²) in [5.41, 5.74) is 4.18. The Hall–Kier alpha value is -2.76. The van der Waals surface area contributed by atoms with Gasteiger partial charge in [-0.05, 0) is 19.1 Å². The van der Waals surface area contributed by atoms with E-state index < -0.39 is 4.92 Å². The van der Waals surface area contributed by atoms with Crippen LogP contribution in [0.25, 0.3) is 0 Å². The van der Waals surface area contributed by atoms with Crippen LogP contribution in [-0.2, 0) is 0 Å². The minimum atomic E-state index is -0.428. The van der Waals surface area contributed by atoms with Crippen LogP contribution < -0.4 is 5.43 Å². The monoisotopic (exact) mass is 256 g/mol. The minimum Gasteiger partial charge on any atom is -0.261 e. The van der Waals surface area contributed by atoms with Gasteiger partial charge in [-0.3, -0.25) is 15.5 Å². The van der Waals surface area contributed by atoms with Gasteiger partial charge in [0.15, 0.2) is 0 Å². The first-order valence-electron chi connectivity index (χ1n) is 5.63. The molecule has 1 aromatic carbocycles. The van der Waals surface area contributed by atoms with Crippen LogP contribution in [-0.4, -0.2) is 15.6 Å². The van der Waals surface area contributed by atoms with Crippen molar-refractivity contribution in [2.24, 2.45) is 5.10 Å². The van der Waals surface area contributed by atoms with Gasteiger partial charge in [-0.25, -0.2) is 4.98 Å². The summed E-state index contributed by atoms with van der Waals surface area (Å²) < 4.78 is 0. The van der Waals surface area contributed by atoms with Crippen LogP contribution in [0.2, 0.25) is 0 Å². The molecule has 1 aromatic heterocycles. The van der Waals surface area contributed by atoms with Crippen molar-refractivity contribution in [1.82, 2.24) is 4.98 Å². The molecule has 0 fully saturated rings. The van der Waals surface area contributed by atoms with Gasteiger partial charge < -0.3 is 0 Å². The highest BCUT2D eigenvalue weighted by molar-refractivity contribution is 5.99. The molecule has 0 unspecified atom stereocenters. The lowest BCUT2D eigenvalue weighted by atomic mass is 10.1. The Labute approximate surface area is 110 Å². The number of hydrogen-bond donors (Lipinski definition) is 1. The molecule has 0 radical (unpaired) electrons. The fourth-order valence-electron chi connectivity index (χ4n) is 1.48. The summed E-state index contributed by atoms with van der Waals surface area (Å²) in [6, 6.07) is 11.8. The van der Waals surface area contributed by atoms with Crippen LogP contribution in [0.3, 0.4) is 0 Å². The molecule has 0 aliphatic heterocycles. The molecule has 0 aliphatic rings. The van der Waals surface area contributed by atoms with Crippen molar-refractivity contribution in [3.63, 3.8) is 0 Å². The number of nitrogens with one attached hydrogen (secondary N) is 1. The van der Waals surface area contributed by atoms with Crippen LogP contribution in [0.4, 0.5) is 11.5 Å². The molecule has 0 atom stereocenters. The Morgan fingerprint density at radius 2 is 2.16 bits per heavy atom. The zero-order chi connectivity index (χ0) is 13.7. The number of anilines is 1. The second-order valence-electron chi connectivity index (χ2n) is 3.83. The maximum atomic E-state index is 10.7. The maximum Gasteiger partial charge on any atom is 0.270 e. The van der Waals surface area contributed by atoms with Crippen molar-refractivity contribution in [3.05, 3.63) is 64.3 Å². The van der Waals surface area contributed by atoms with Gasteiger partial charge in [-0.1, -0.05) is 18.2 Å². The highest BCUT2D eigenvalue weighted by atomic mass is 16.6. The number of hydrazone groups is 1. The third-order valence-electron chi connectivity index (χ3n) is 2.48. The Kier molecular flexibility index (Phi) is 3.82. The SMILES string of the molecule is CC(=NNc1ccccn1)c1cccc([N+](=O)[O-])c1. The quantitative estimate of drug-likeness (QED) is 0.518. The normalized spacial score (nSPS) is 11.1. The first-order valence-corrected chi connectivity index (χ1v) is 5.63. The number of nitro benzene ring substituents is 1. The average molecular weight is 256 g/mol. The van der Waals surface area contributed by atoms with Gasteiger partial charge >= 0.3 is 0 Å². The zero-order valence-electron chi connectivity index (χ0n) is 10.3.